The molecular formula is C17H21ClN2O. The Kier molecular flexibility index (Phi) is 4.92. The molecule has 1 saturated heterocycles. The van der Waals surface area contributed by atoms with Gasteiger partial charge in [0.05, 0.1) is 11.6 Å². The number of benzene rings is 1. The van der Waals surface area contributed by atoms with E-state index < -0.39 is 0 Å². The monoisotopic (exact) mass is 304 g/mol. The maximum atomic E-state index is 12.5. The molecule has 0 unspecified atom stereocenters. The van der Waals surface area contributed by atoms with E-state index in [2.05, 4.69) is 25.7 Å². The Morgan fingerprint density at radius 3 is 2.62 bits per heavy atom. The number of likely N-dealkylation sites (tertiary alicyclic amines) is 1. The van der Waals surface area contributed by atoms with Crippen LogP contribution in [0.15, 0.2) is 18.2 Å². The van der Waals surface area contributed by atoms with Crippen molar-refractivity contribution in [3.63, 3.8) is 0 Å². The molecule has 1 amide bonds. The zero-order chi connectivity index (χ0) is 15.5. The van der Waals surface area contributed by atoms with Crippen molar-refractivity contribution in [1.82, 2.24) is 4.90 Å². The Labute approximate surface area is 131 Å². The van der Waals surface area contributed by atoms with Crippen LogP contribution in [0, 0.1) is 17.3 Å². The molecule has 0 saturated carbocycles. The Balaban J connectivity index is 2.12. The normalized spacial score (nSPS) is 17.0. The van der Waals surface area contributed by atoms with Crippen LogP contribution in [0.5, 0.6) is 0 Å². The molecule has 112 valence electrons. The zero-order valence-corrected chi connectivity index (χ0v) is 13.3. The lowest BCUT2D eigenvalue weighted by Gasteiger charge is -2.37. The van der Waals surface area contributed by atoms with Gasteiger partial charge in [0, 0.05) is 24.2 Å². The summed E-state index contributed by atoms with van der Waals surface area (Å²) in [5.74, 6) is 5.71. The molecule has 3 nitrogen and oxygen atoms in total. The van der Waals surface area contributed by atoms with Crippen LogP contribution in [-0.4, -0.2) is 30.4 Å². The lowest BCUT2D eigenvalue weighted by molar-refractivity contribution is 0.0630. The second-order valence-corrected chi connectivity index (χ2v) is 6.56. The van der Waals surface area contributed by atoms with Crippen molar-refractivity contribution in [2.24, 2.45) is 11.1 Å². The van der Waals surface area contributed by atoms with Crippen molar-refractivity contribution < 1.29 is 4.79 Å². The van der Waals surface area contributed by atoms with E-state index in [0.29, 0.717) is 28.1 Å². The molecule has 0 spiro atoms. The van der Waals surface area contributed by atoms with Gasteiger partial charge >= 0.3 is 0 Å². The third-order valence-corrected chi connectivity index (χ3v) is 4.26. The average molecular weight is 305 g/mol. The summed E-state index contributed by atoms with van der Waals surface area (Å²) >= 11 is 6.18. The average Bonchev–Trinajstić information content (AvgIpc) is 2.45. The summed E-state index contributed by atoms with van der Waals surface area (Å²) in [7, 11) is 0. The van der Waals surface area contributed by atoms with Gasteiger partial charge in [-0.3, -0.25) is 4.79 Å². The summed E-state index contributed by atoms with van der Waals surface area (Å²) in [6.07, 6.45) is 2.07. The number of amides is 1. The molecule has 1 aromatic carbocycles. The van der Waals surface area contributed by atoms with E-state index >= 15 is 0 Å². The second-order valence-electron chi connectivity index (χ2n) is 6.16. The molecule has 1 heterocycles. The van der Waals surface area contributed by atoms with E-state index in [1.807, 2.05) is 4.90 Å². The first-order valence-electron chi connectivity index (χ1n) is 7.21. The SMILES string of the molecule is CC1(C)CCN(C(=O)c2ccc(C#CCN)c(Cl)c2)CC1. The number of hydrogen-bond donors (Lipinski definition) is 1. The van der Waals surface area contributed by atoms with E-state index in [-0.39, 0.29) is 5.91 Å². The minimum Gasteiger partial charge on any atom is -0.339 e. The summed E-state index contributed by atoms with van der Waals surface area (Å²) in [6.45, 7) is 6.39. The highest BCUT2D eigenvalue weighted by atomic mass is 35.5. The Hall–Kier alpha value is -1.50. The van der Waals surface area contributed by atoms with Crippen molar-refractivity contribution in [3.05, 3.63) is 34.3 Å². The van der Waals surface area contributed by atoms with E-state index in [4.69, 9.17) is 17.3 Å². The lowest BCUT2D eigenvalue weighted by atomic mass is 9.82. The summed E-state index contributed by atoms with van der Waals surface area (Å²) in [6, 6.07) is 5.27. The molecule has 0 bridgehead atoms. The number of nitrogens with zero attached hydrogens (tertiary/aromatic N) is 1. The smallest absolute Gasteiger partial charge is 0.253 e. The Bertz CT molecular complexity index is 589. The maximum Gasteiger partial charge on any atom is 0.253 e. The zero-order valence-electron chi connectivity index (χ0n) is 12.6. The van der Waals surface area contributed by atoms with Crippen LogP contribution in [0.2, 0.25) is 5.02 Å². The van der Waals surface area contributed by atoms with Crippen LogP contribution in [0.3, 0.4) is 0 Å². The van der Waals surface area contributed by atoms with Gasteiger partial charge in [-0.1, -0.05) is 37.3 Å². The van der Waals surface area contributed by atoms with Gasteiger partial charge in [0.1, 0.15) is 0 Å². The Morgan fingerprint density at radius 1 is 1.38 bits per heavy atom. The van der Waals surface area contributed by atoms with Gasteiger partial charge in [0.2, 0.25) is 0 Å². The molecule has 1 aliphatic heterocycles. The van der Waals surface area contributed by atoms with Crippen LogP contribution in [0.25, 0.3) is 0 Å². The number of halogens is 1. The highest BCUT2D eigenvalue weighted by Crippen LogP contribution is 2.30. The number of piperidine rings is 1. The summed E-state index contributed by atoms with van der Waals surface area (Å²) in [4.78, 5) is 14.4. The largest absolute Gasteiger partial charge is 0.339 e. The number of carbonyl (C=O) groups is 1. The van der Waals surface area contributed by atoms with Gasteiger partial charge < -0.3 is 10.6 Å². The number of hydrogen-bond acceptors (Lipinski definition) is 2. The predicted molar refractivity (Wildman–Crippen MR) is 86.3 cm³/mol. The second kappa shape index (κ2) is 6.51. The van der Waals surface area contributed by atoms with Gasteiger partial charge in [-0.2, -0.15) is 0 Å². The fraction of sp³-hybridized carbons (Fsp3) is 0.471. The highest BCUT2D eigenvalue weighted by molar-refractivity contribution is 6.32. The van der Waals surface area contributed by atoms with E-state index in [9.17, 15) is 4.79 Å². The fourth-order valence-electron chi connectivity index (χ4n) is 2.39. The Morgan fingerprint density at radius 2 is 2.05 bits per heavy atom. The minimum absolute atomic E-state index is 0.0470. The van der Waals surface area contributed by atoms with E-state index in [0.717, 1.165) is 25.9 Å². The first kappa shape index (κ1) is 15.9. The molecule has 2 rings (SSSR count). The maximum absolute atomic E-state index is 12.5. The lowest BCUT2D eigenvalue weighted by Crippen LogP contribution is -2.41. The topological polar surface area (TPSA) is 46.3 Å². The summed E-state index contributed by atoms with van der Waals surface area (Å²) in [5.41, 5.74) is 7.01. The van der Waals surface area contributed by atoms with Crippen molar-refractivity contribution >= 4 is 17.5 Å². The van der Waals surface area contributed by atoms with Crippen molar-refractivity contribution in [1.29, 1.82) is 0 Å². The van der Waals surface area contributed by atoms with Crippen LogP contribution in [0.4, 0.5) is 0 Å². The fourth-order valence-corrected chi connectivity index (χ4v) is 2.62. The first-order valence-corrected chi connectivity index (χ1v) is 7.58. The highest BCUT2D eigenvalue weighted by Gasteiger charge is 2.28. The molecule has 21 heavy (non-hydrogen) atoms. The van der Waals surface area contributed by atoms with Crippen molar-refractivity contribution in [2.45, 2.75) is 26.7 Å². The number of carbonyl (C=O) groups excluding carboxylic acids is 1. The molecule has 0 aliphatic carbocycles. The molecule has 1 aromatic rings. The number of nitrogens with two attached hydrogens (primary N) is 1. The van der Waals surface area contributed by atoms with E-state index in [1.165, 1.54) is 0 Å². The molecule has 1 aliphatic rings. The van der Waals surface area contributed by atoms with Gasteiger partial charge in [-0.05, 0) is 36.5 Å². The standard InChI is InChI=1S/C17H21ClN2O/c1-17(2)7-10-20(11-8-17)16(21)14-6-5-13(4-3-9-19)15(18)12-14/h5-6,12H,7-11,19H2,1-2H3. The van der Waals surface area contributed by atoms with E-state index in [1.54, 1.807) is 18.2 Å². The molecule has 0 atom stereocenters. The molecule has 4 heteroatoms. The van der Waals surface area contributed by atoms with Gasteiger partial charge in [-0.25, -0.2) is 0 Å². The summed E-state index contributed by atoms with van der Waals surface area (Å²) < 4.78 is 0. The third kappa shape index (κ3) is 4.00. The van der Waals surface area contributed by atoms with Crippen LogP contribution in [0.1, 0.15) is 42.6 Å². The molecule has 2 N–H and O–H groups in total. The molecule has 0 radical (unpaired) electrons. The first-order chi connectivity index (χ1) is 9.93. The molecular weight excluding hydrogens is 284 g/mol. The quantitative estimate of drug-likeness (QED) is 0.811. The minimum atomic E-state index is 0.0470. The van der Waals surface area contributed by atoms with Crippen LogP contribution >= 0.6 is 11.6 Å². The van der Waals surface area contributed by atoms with Gasteiger partial charge in [0.15, 0.2) is 0 Å². The van der Waals surface area contributed by atoms with Gasteiger partial charge in [-0.15, -0.1) is 0 Å². The molecule has 1 fully saturated rings. The molecule has 0 aromatic heterocycles. The number of rotatable bonds is 1. The third-order valence-electron chi connectivity index (χ3n) is 3.95. The van der Waals surface area contributed by atoms with Crippen LogP contribution in [-0.2, 0) is 0 Å². The van der Waals surface area contributed by atoms with Crippen molar-refractivity contribution in [3.8, 4) is 11.8 Å². The van der Waals surface area contributed by atoms with Gasteiger partial charge in [0.25, 0.3) is 5.91 Å². The predicted octanol–water partition coefficient (Wildman–Crippen LogP) is 2.91. The summed E-state index contributed by atoms with van der Waals surface area (Å²) in [5, 5.41) is 0.499. The van der Waals surface area contributed by atoms with Crippen LogP contribution < -0.4 is 5.73 Å². The van der Waals surface area contributed by atoms with Crippen molar-refractivity contribution in [2.75, 3.05) is 19.6 Å².